The van der Waals surface area contributed by atoms with Crippen LogP contribution in [0.3, 0.4) is 0 Å². The van der Waals surface area contributed by atoms with Gasteiger partial charge in [-0.25, -0.2) is 4.99 Å². The number of guanidine groups is 1. The molecule has 0 saturated carbocycles. The van der Waals surface area contributed by atoms with Crippen LogP contribution in [0.1, 0.15) is 12.5 Å². The van der Waals surface area contributed by atoms with Crippen LogP contribution in [0.2, 0.25) is 5.02 Å². The monoisotopic (exact) mass is 249 g/mol. The Morgan fingerprint density at radius 1 is 1.35 bits per heavy atom. The Balaban J connectivity index is 2.58. The second-order valence-electron chi connectivity index (χ2n) is 3.38. The van der Waals surface area contributed by atoms with E-state index in [4.69, 9.17) is 18.0 Å². The molecule has 0 aliphatic heterocycles. The molecule has 17 heavy (non-hydrogen) atoms. The van der Waals surface area contributed by atoms with Gasteiger partial charge in [0.05, 0.1) is 13.1 Å². The molecule has 0 saturated heterocycles. The summed E-state index contributed by atoms with van der Waals surface area (Å²) in [7, 11) is 0. The first-order valence-corrected chi connectivity index (χ1v) is 5.84. The van der Waals surface area contributed by atoms with Gasteiger partial charge < -0.3 is 10.6 Å². The van der Waals surface area contributed by atoms with E-state index in [0.29, 0.717) is 13.1 Å². The van der Waals surface area contributed by atoms with Crippen molar-refractivity contribution in [2.75, 3.05) is 13.1 Å². The Bertz CT molecular complexity index is 404. The second kappa shape index (κ2) is 7.59. The molecule has 4 heteroatoms. The van der Waals surface area contributed by atoms with E-state index < -0.39 is 0 Å². The van der Waals surface area contributed by atoms with Gasteiger partial charge in [-0.15, -0.1) is 6.42 Å². The van der Waals surface area contributed by atoms with Crippen molar-refractivity contribution < 1.29 is 0 Å². The average Bonchev–Trinajstić information content (AvgIpc) is 2.35. The highest BCUT2D eigenvalue weighted by molar-refractivity contribution is 6.30. The van der Waals surface area contributed by atoms with Crippen LogP contribution < -0.4 is 10.6 Å². The van der Waals surface area contributed by atoms with Gasteiger partial charge in [-0.2, -0.15) is 0 Å². The number of rotatable bonds is 4. The highest BCUT2D eigenvalue weighted by Gasteiger charge is 1.96. The SMILES string of the molecule is C#CCNC(=NCc1ccc(Cl)cc1)NCC. The molecular formula is C13H16ClN3. The van der Waals surface area contributed by atoms with Gasteiger partial charge in [-0.05, 0) is 24.6 Å². The minimum Gasteiger partial charge on any atom is -0.357 e. The van der Waals surface area contributed by atoms with Gasteiger partial charge in [0.2, 0.25) is 0 Å². The second-order valence-corrected chi connectivity index (χ2v) is 3.82. The molecule has 0 bridgehead atoms. The number of terminal acetylenes is 1. The Kier molecular flexibility index (Phi) is 5.98. The van der Waals surface area contributed by atoms with Crippen LogP contribution in [-0.4, -0.2) is 19.0 Å². The lowest BCUT2D eigenvalue weighted by Gasteiger charge is -2.08. The Morgan fingerprint density at radius 3 is 2.65 bits per heavy atom. The summed E-state index contributed by atoms with van der Waals surface area (Å²) in [5, 5.41) is 6.88. The van der Waals surface area contributed by atoms with Crippen LogP contribution in [0.5, 0.6) is 0 Å². The minimum absolute atomic E-state index is 0.465. The van der Waals surface area contributed by atoms with E-state index in [1.54, 1.807) is 0 Å². The smallest absolute Gasteiger partial charge is 0.192 e. The maximum Gasteiger partial charge on any atom is 0.192 e. The number of nitrogens with one attached hydrogen (secondary N) is 2. The maximum atomic E-state index is 5.81. The van der Waals surface area contributed by atoms with Crippen molar-refractivity contribution in [2.45, 2.75) is 13.5 Å². The third-order valence-electron chi connectivity index (χ3n) is 2.04. The number of hydrogen-bond donors (Lipinski definition) is 2. The number of halogens is 1. The Labute approximate surface area is 107 Å². The van der Waals surface area contributed by atoms with Gasteiger partial charge in [0.1, 0.15) is 0 Å². The van der Waals surface area contributed by atoms with E-state index in [9.17, 15) is 0 Å². The predicted molar refractivity (Wildman–Crippen MR) is 73.1 cm³/mol. The van der Waals surface area contributed by atoms with E-state index >= 15 is 0 Å². The highest BCUT2D eigenvalue weighted by atomic mass is 35.5. The molecule has 2 N–H and O–H groups in total. The van der Waals surface area contributed by atoms with Crippen LogP contribution in [0.15, 0.2) is 29.3 Å². The van der Waals surface area contributed by atoms with Crippen molar-refractivity contribution in [3.63, 3.8) is 0 Å². The van der Waals surface area contributed by atoms with Crippen LogP contribution in [0.25, 0.3) is 0 Å². The zero-order valence-electron chi connectivity index (χ0n) is 9.83. The predicted octanol–water partition coefficient (Wildman–Crippen LogP) is 2.03. The van der Waals surface area contributed by atoms with Crippen molar-refractivity contribution >= 4 is 17.6 Å². The molecule has 3 nitrogen and oxygen atoms in total. The molecule has 90 valence electrons. The van der Waals surface area contributed by atoms with Crippen LogP contribution in [0.4, 0.5) is 0 Å². The molecule has 0 heterocycles. The minimum atomic E-state index is 0.465. The van der Waals surface area contributed by atoms with Gasteiger partial charge in [0.15, 0.2) is 5.96 Å². The molecule has 0 aromatic heterocycles. The lowest BCUT2D eigenvalue weighted by molar-refractivity contribution is 0.865. The third-order valence-corrected chi connectivity index (χ3v) is 2.29. The molecular weight excluding hydrogens is 234 g/mol. The molecule has 0 atom stereocenters. The van der Waals surface area contributed by atoms with Crippen molar-refractivity contribution in [2.24, 2.45) is 4.99 Å². The highest BCUT2D eigenvalue weighted by Crippen LogP contribution is 2.09. The summed E-state index contributed by atoms with van der Waals surface area (Å²) >= 11 is 5.81. The van der Waals surface area contributed by atoms with E-state index in [2.05, 4.69) is 21.5 Å². The van der Waals surface area contributed by atoms with Crippen molar-refractivity contribution in [1.82, 2.24) is 10.6 Å². The fourth-order valence-corrected chi connectivity index (χ4v) is 1.36. The zero-order chi connectivity index (χ0) is 12.5. The molecule has 0 aliphatic carbocycles. The summed E-state index contributed by atoms with van der Waals surface area (Å²) in [4.78, 5) is 4.41. The maximum absolute atomic E-state index is 5.81. The van der Waals surface area contributed by atoms with Gasteiger partial charge in [-0.3, -0.25) is 0 Å². The van der Waals surface area contributed by atoms with Crippen LogP contribution in [-0.2, 0) is 6.54 Å². The summed E-state index contributed by atoms with van der Waals surface area (Å²) in [6.07, 6.45) is 5.19. The lowest BCUT2D eigenvalue weighted by atomic mass is 10.2. The first-order chi connectivity index (χ1) is 8.26. The van der Waals surface area contributed by atoms with Crippen molar-refractivity contribution in [3.8, 4) is 12.3 Å². The van der Waals surface area contributed by atoms with Gasteiger partial charge in [0, 0.05) is 11.6 Å². The molecule has 0 fully saturated rings. The molecule has 1 rings (SSSR count). The van der Waals surface area contributed by atoms with Gasteiger partial charge in [-0.1, -0.05) is 29.7 Å². The molecule has 0 spiro atoms. The van der Waals surface area contributed by atoms with Gasteiger partial charge in [0.25, 0.3) is 0 Å². The number of aliphatic imine (C=N–C) groups is 1. The number of hydrogen-bond acceptors (Lipinski definition) is 1. The fourth-order valence-electron chi connectivity index (χ4n) is 1.24. The van der Waals surface area contributed by atoms with E-state index in [1.807, 2.05) is 31.2 Å². The average molecular weight is 250 g/mol. The van der Waals surface area contributed by atoms with Crippen LogP contribution in [0, 0.1) is 12.3 Å². The topological polar surface area (TPSA) is 36.4 Å². The Morgan fingerprint density at radius 2 is 2.06 bits per heavy atom. The molecule has 0 aliphatic rings. The van der Waals surface area contributed by atoms with Crippen LogP contribution >= 0.6 is 11.6 Å². The first kappa shape index (κ1) is 13.4. The van der Waals surface area contributed by atoms with E-state index in [1.165, 1.54) is 0 Å². The Hall–Kier alpha value is -1.66. The summed E-state index contributed by atoms with van der Waals surface area (Å²) in [6.45, 7) is 3.87. The number of benzene rings is 1. The third kappa shape index (κ3) is 5.28. The molecule has 0 radical (unpaired) electrons. The lowest BCUT2D eigenvalue weighted by Crippen LogP contribution is -2.37. The normalized spacial score (nSPS) is 10.8. The molecule has 0 unspecified atom stereocenters. The molecule has 1 aromatic rings. The number of nitrogens with zero attached hydrogens (tertiary/aromatic N) is 1. The van der Waals surface area contributed by atoms with E-state index in [-0.39, 0.29) is 0 Å². The quantitative estimate of drug-likeness (QED) is 0.487. The van der Waals surface area contributed by atoms with Crippen molar-refractivity contribution in [3.05, 3.63) is 34.9 Å². The largest absolute Gasteiger partial charge is 0.357 e. The van der Waals surface area contributed by atoms with Crippen molar-refractivity contribution in [1.29, 1.82) is 0 Å². The zero-order valence-corrected chi connectivity index (χ0v) is 10.6. The summed E-state index contributed by atoms with van der Waals surface area (Å²) < 4.78 is 0. The fraction of sp³-hybridized carbons (Fsp3) is 0.308. The summed E-state index contributed by atoms with van der Waals surface area (Å²) in [6, 6.07) is 7.62. The standard InChI is InChI=1S/C13H16ClN3/c1-3-9-16-13(15-4-2)17-10-11-5-7-12(14)8-6-11/h1,5-8H,4,9-10H2,2H3,(H2,15,16,17). The first-order valence-electron chi connectivity index (χ1n) is 5.46. The van der Waals surface area contributed by atoms with Gasteiger partial charge >= 0.3 is 0 Å². The molecule has 0 amide bonds. The summed E-state index contributed by atoms with van der Waals surface area (Å²) in [5.41, 5.74) is 1.10. The summed E-state index contributed by atoms with van der Waals surface area (Å²) in [5.74, 6) is 3.24. The van der Waals surface area contributed by atoms with E-state index in [0.717, 1.165) is 23.1 Å². The molecule has 1 aromatic carbocycles.